The van der Waals surface area contributed by atoms with Crippen LogP contribution in [0.25, 0.3) is 10.6 Å². The normalized spacial score (nSPS) is 18.2. The predicted octanol–water partition coefficient (Wildman–Crippen LogP) is 3.82. The summed E-state index contributed by atoms with van der Waals surface area (Å²) in [5.41, 5.74) is 0.879. The van der Waals surface area contributed by atoms with E-state index in [1.54, 1.807) is 23.6 Å². The van der Waals surface area contributed by atoms with Gasteiger partial charge in [0.1, 0.15) is 16.5 Å². The second-order valence-corrected chi connectivity index (χ2v) is 6.19. The van der Waals surface area contributed by atoms with Crippen molar-refractivity contribution in [2.75, 3.05) is 13.1 Å². The zero-order chi connectivity index (χ0) is 14.8. The van der Waals surface area contributed by atoms with Gasteiger partial charge in [-0.25, -0.2) is 9.37 Å². The summed E-state index contributed by atoms with van der Waals surface area (Å²) in [4.78, 5) is 18.6. The lowest BCUT2D eigenvalue weighted by atomic mass is 10.1. The molecule has 1 aromatic heterocycles. The molecule has 0 saturated carbocycles. The topological polar surface area (TPSA) is 33.2 Å². The SMILES string of the molecule is CC[C@H]1CCN(C(=O)c2csc(-c3ccccc3F)n2)C1. The van der Waals surface area contributed by atoms with E-state index in [1.165, 1.54) is 17.4 Å². The van der Waals surface area contributed by atoms with Gasteiger partial charge in [0.25, 0.3) is 5.91 Å². The Bertz CT molecular complexity index is 655. The quantitative estimate of drug-likeness (QED) is 0.863. The van der Waals surface area contributed by atoms with Gasteiger partial charge in [-0.05, 0) is 24.5 Å². The van der Waals surface area contributed by atoms with Gasteiger partial charge in [0.15, 0.2) is 0 Å². The molecular formula is C16H17FN2OS. The lowest BCUT2D eigenvalue weighted by Crippen LogP contribution is -2.28. The van der Waals surface area contributed by atoms with Crippen LogP contribution < -0.4 is 0 Å². The van der Waals surface area contributed by atoms with E-state index in [-0.39, 0.29) is 11.7 Å². The summed E-state index contributed by atoms with van der Waals surface area (Å²) in [6, 6.07) is 6.51. The molecule has 21 heavy (non-hydrogen) atoms. The smallest absolute Gasteiger partial charge is 0.273 e. The van der Waals surface area contributed by atoms with E-state index in [9.17, 15) is 9.18 Å². The molecule has 2 heterocycles. The van der Waals surface area contributed by atoms with Crippen LogP contribution >= 0.6 is 11.3 Å². The Balaban J connectivity index is 1.79. The third-order valence-corrected chi connectivity index (χ3v) is 4.85. The average molecular weight is 304 g/mol. The molecule has 1 aliphatic rings. The van der Waals surface area contributed by atoms with E-state index in [0.29, 0.717) is 22.2 Å². The Labute approximate surface area is 127 Å². The van der Waals surface area contributed by atoms with E-state index in [2.05, 4.69) is 11.9 Å². The minimum absolute atomic E-state index is 0.0372. The summed E-state index contributed by atoms with van der Waals surface area (Å²) in [6.07, 6.45) is 2.16. The molecule has 1 atom stereocenters. The van der Waals surface area contributed by atoms with E-state index in [0.717, 1.165) is 25.9 Å². The number of halogens is 1. The summed E-state index contributed by atoms with van der Waals surface area (Å²) in [7, 11) is 0. The van der Waals surface area contributed by atoms with Crippen LogP contribution in [-0.2, 0) is 0 Å². The van der Waals surface area contributed by atoms with Crippen molar-refractivity contribution in [2.45, 2.75) is 19.8 Å². The Hall–Kier alpha value is -1.75. The van der Waals surface area contributed by atoms with Crippen LogP contribution in [0.5, 0.6) is 0 Å². The third-order valence-electron chi connectivity index (χ3n) is 3.98. The van der Waals surface area contributed by atoms with Crippen LogP contribution in [0.2, 0.25) is 0 Å². The molecule has 1 aliphatic heterocycles. The van der Waals surface area contributed by atoms with Crippen molar-refractivity contribution in [1.29, 1.82) is 0 Å². The Morgan fingerprint density at radius 3 is 3.00 bits per heavy atom. The summed E-state index contributed by atoms with van der Waals surface area (Å²) < 4.78 is 13.8. The Morgan fingerprint density at radius 1 is 1.48 bits per heavy atom. The number of amides is 1. The third kappa shape index (κ3) is 2.83. The molecule has 0 N–H and O–H groups in total. The van der Waals surface area contributed by atoms with Crippen LogP contribution in [0.4, 0.5) is 4.39 Å². The van der Waals surface area contributed by atoms with Gasteiger partial charge >= 0.3 is 0 Å². The number of carbonyl (C=O) groups excluding carboxylic acids is 1. The highest BCUT2D eigenvalue weighted by Gasteiger charge is 2.27. The van der Waals surface area contributed by atoms with Gasteiger partial charge in [-0.3, -0.25) is 4.79 Å². The second-order valence-electron chi connectivity index (χ2n) is 5.33. The highest BCUT2D eigenvalue weighted by atomic mass is 32.1. The summed E-state index contributed by atoms with van der Waals surface area (Å²) in [6.45, 7) is 3.75. The van der Waals surface area contributed by atoms with Gasteiger partial charge in [-0.15, -0.1) is 11.3 Å². The molecule has 0 bridgehead atoms. The first-order chi connectivity index (χ1) is 10.2. The minimum Gasteiger partial charge on any atom is -0.337 e. The van der Waals surface area contributed by atoms with E-state index < -0.39 is 0 Å². The highest BCUT2D eigenvalue weighted by Crippen LogP contribution is 2.27. The van der Waals surface area contributed by atoms with Crippen molar-refractivity contribution in [3.63, 3.8) is 0 Å². The van der Waals surface area contributed by atoms with Gasteiger partial charge in [-0.2, -0.15) is 0 Å². The number of hydrogen-bond acceptors (Lipinski definition) is 3. The Morgan fingerprint density at radius 2 is 2.29 bits per heavy atom. The molecule has 0 radical (unpaired) electrons. The van der Waals surface area contributed by atoms with Crippen LogP contribution in [0.15, 0.2) is 29.6 Å². The lowest BCUT2D eigenvalue weighted by Gasteiger charge is -2.14. The van der Waals surface area contributed by atoms with E-state index in [4.69, 9.17) is 0 Å². The second kappa shape index (κ2) is 5.93. The van der Waals surface area contributed by atoms with Gasteiger partial charge in [0.05, 0.1) is 0 Å². The number of aromatic nitrogens is 1. The molecule has 1 fully saturated rings. The summed E-state index contributed by atoms with van der Waals surface area (Å²) >= 11 is 1.31. The molecule has 110 valence electrons. The molecule has 3 nitrogen and oxygen atoms in total. The first kappa shape index (κ1) is 14.2. The van der Waals surface area contributed by atoms with Crippen LogP contribution in [0.3, 0.4) is 0 Å². The van der Waals surface area contributed by atoms with Crippen molar-refractivity contribution in [3.05, 3.63) is 41.2 Å². The van der Waals surface area contributed by atoms with Crippen molar-refractivity contribution in [1.82, 2.24) is 9.88 Å². The maximum atomic E-state index is 13.8. The van der Waals surface area contributed by atoms with Crippen molar-refractivity contribution < 1.29 is 9.18 Å². The van der Waals surface area contributed by atoms with Gasteiger partial charge in [0.2, 0.25) is 0 Å². The molecule has 2 aromatic rings. The molecule has 0 unspecified atom stereocenters. The Kier molecular flexibility index (Phi) is 4.01. The maximum absolute atomic E-state index is 13.8. The highest BCUT2D eigenvalue weighted by molar-refractivity contribution is 7.13. The predicted molar refractivity (Wildman–Crippen MR) is 81.8 cm³/mol. The number of hydrogen-bond donors (Lipinski definition) is 0. The first-order valence-corrected chi connectivity index (χ1v) is 8.06. The molecule has 1 amide bonds. The van der Waals surface area contributed by atoms with Gasteiger partial charge < -0.3 is 4.90 Å². The molecule has 0 aliphatic carbocycles. The number of nitrogens with zero attached hydrogens (tertiary/aromatic N) is 2. The lowest BCUT2D eigenvalue weighted by molar-refractivity contribution is 0.0782. The molecule has 0 spiro atoms. The molecular weight excluding hydrogens is 287 g/mol. The molecule has 1 aromatic carbocycles. The van der Waals surface area contributed by atoms with E-state index in [1.807, 2.05) is 4.90 Å². The van der Waals surface area contributed by atoms with Crippen molar-refractivity contribution in [3.8, 4) is 10.6 Å². The fourth-order valence-corrected chi connectivity index (χ4v) is 3.46. The summed E-state index contributed by atoms with van der Waals surface area (Å²) in [5.74, 6) is 0.251. The van der Waals surface area contributed by atoms with Crippen molar-refractivity contribution in [2.24, 2.45) is 5.92 Å². The zero-order valence-electron chi connectivity index (χ0n) is 11.9. The van der Waals surface area contributed by atoms with Crippen LogP contribution in [0, 0.1) is 11.7 Å². The molecule has 3 rings (SSSR count). The van der Waals surface area contributed by atoms with Crippen LogP contribution in [-0.4, -0.2) is 28.9 Å². The number of benzene rings is 1. The van der Waals surface area contributed by atoms with E-state index >= 15 is 0 Å². The van der Waals surface area contributed by atoms with Gasteiger partial charge in [-0.1, -0.05) is 25.5 Å². The summed E-state index contributed by atoms with van der Waals surface area (Å²) in [5, 5.41) is 2.28. The standard InChI is InChI=1S/C16H17FN2OS/c1-2-11-7-8-19(9-11)16(20)14-10-21-15(18-14)12-5-3-4-6-13(12)17/h3-6,10-11H,2,7-9H2,1H3/t11-/m0/s1. The minimum atomic E-state index is -0.307. The maximum Gasteiger partial charge on any atom is 0.273 e. The number of carbonyl (C=O) groups is 1. The molecule has 5 heteroatoms. The number of thiazole rings is 1. The number of likely N-dealkylation sites (tertiary alicyclic amines) is 1. The fourth-order valence-electron chi connectivity index (χ4n) is 2.64. The fraction of sp³-hybridized carbons (Fsp3) is 0.375. The largest absolute Gasteiger partial charge is 0.337 e. The monoisotopic (exact) mass is 304 g/mol. The average Bonchev–Trinajstić information content (AvgIpc) is 3.16. The molecule has 1 saturated heterocycles. The van der Waals surface area contributed by atoms with Crippen molar-refractivity contribution >= 4 is 17.2 Å². The zero-order valence-corrected chi connectivity index (χ0v) is 12.7. The van der Waals surface area contributed by atoms with Crippen LogP contribution in [0.1, 0.15) is 30.3 Å². The van der Waals surface area contributed by atoms with Gasteiger partial charge in [0, 0.05) is 24.0 Å². The first-order valence-electron chi connectivity index (χ1n) is 7.18. The number of rotatable bonds is 3.